The first-order valence-corrected chi connectivity index (χ1v) is 5.08. The second-order valence-electron chi connectivity index (χ2n) is 3.28. The Morgan fingerprint density at radius 3 is 2.73 bits per heavy atom. The summed E-state index contributed by atoms with van der Waals surface area (Å²) < 4.78 is 5.32. The summed E-state index contributed by atoms with van der Waals surface area (Å²) in [6.45, 7) is 4.86. The van der Waals surface area contributed by atoms with E-state index in [4.69, 9.17) is 10.6 Å². The molecule has 82 valence electrons. The van der Waals surface area contributed by atoms with Crippen LogP contribution in [0.2, 0.25) is 0 Å². The van der Waals surface area contributed by atoms with Crippen molar-refractivity contribution in [2.24, 2.45) is 5.84 Å². The molecule has 0 fully saturated rings. The molecular weight excluding hydrogens is 188 g/mol. The van der Waals surface area contributed by atoms with Crippen molar-refractivity contribution in [3.05, 3.63) is 48.6 Å². The summed E-state index contributed by atoms with van der Waals surface area (Å²) in [6, 6.07) is 10.3. The van der Waals surface area contributed by atoms with Gasteiger partial charge in [0, 0.05) is 12.6 Å². The number of hydrogen-bond donors (Lipinski definition) is 2. The largest absolute Gasteiger partial charge is 0.377 e. The van der Waals surface area contributed by atoms with Gasteiger partial charge in [0.15, 0.2) is 0 Å². The molecule has 0 unspecified atom stereocenters. The van der Waals surface area contributed by atoms with E-state index < -0.39 is 0 Å². The first kappa shape index (κ1) is 11.9. The number of nitrogens with two attached hydrogens (primary N) is 1. The fourth-order valence-corrected chi connectivity index (χ4v) is 1.40. The van der Waals surface area contributed by atoms with Gasteiger partial charge in [-0.15, -0.1) is 6.58 Å². The highest BCUT2D eigenvalue weighted by Crippen LogP contribution is 2.14. The zero-order chi connectivity index (χ0) is 10.9. The molecule has 0 radical (unpaired) electrons. The van der Waals surface area contributed by atoms with Crippen molar-refractivity contribution >= 4 is 0 Å². The van der Waals surface area contributed by atoms with Gasteiger partial charge in [-0.1, -0.05) is 36.4 Å². The number of benzene rings is 1. The van der Waals surface area contributed by atoms with Gasteiger partial charge in [-0.2, -0.15) is 0 Å². The van der Waals surface area contributed by atoms with E-state index in [1.807, 2.05) is 18.2 Å². The average molecular weight is 206 g/mol. The van der Waals surface area contributed by atoms with E-state index in [0.29, 0.717) is 13.2 Å². The Morgan fingerprint density at radius 2 is 2.13 bits per heavy atom. The van der Waals surface area contributed by atoms with Gasteiger partial charge in [-0.25, -0.2) is 0 Å². The van der Waals surface area contributed by atoms with Crippen LogP contribution in [0.3, 0.4) is 0 Å². The Balaban J connectivity index is 2.39. The van der Waals surface area contributed by atoms with Crippen molar-refractivity contribution in [3.63, 3.8) is 0 Å². The molecule has 0 saturated carbocycles. The molecule has 3 N–H and O–H groups in total. The highest BCUT2D eigenvalue weighted by molar-refractivity contribution is 5.18. The van der Waals surface area contributed by atoms with Crippen molar-refractivity contribution in [1.82, 2.24) is 5.43 Å². The first-order valence-electron chi connectivity index (χ1n) is 5.08. The molecule has 0 spiro atoms. The van der Waals surface area contributed by atoms with E-state index in [2.05, 4.69) is 24.1 Å². The van der Waals surface area contributed by atoms with Crippen molar-refractivity contribution in [1.29, 1.82) is 0 Å². The van der Waals surface area contributed by atoms with Crippen molar-refractivity contribution in [3.8, 4) is 0 Å². The lowest BCUT2D eigenvalue weighted by molar-refractivity contribution is 0.150. The summed E-state index contributed by atoms with van der Waals surface area (Å²) in [5.41, 5.74) is 3.97. The molecule has 1 rings (SSSR count). The number of ether oxygens (including phenoxy) is 1. The van der Waals surface area contributed by atoms with Crippen LogP contribution in [-0.2, 0) is 4.74 Å². The quantitative estimate of drug-likeness (QED) is 0.309. The third kappa shape index (κ3) is 4.25. The van der Waals surface area contributed by atoms with Crippen LogP contribution < -0.4 is 11.3 Å². The fraction of sp³-hybridized carbons (Fsp3) is 0.333. The van der Waals surface area contributed by atoms with Crippen LogP contribution in [0, 0.1) is 0 Å². The molecule has 0 aliphatic carbocycles. The summed E-state index contributed by atoms with van der Waals surface area (Å²) in [6.07, 6.45) is 2.60. The van der Waals surface area contributed by atoms with Crippen LogP contribution in [0.1, 0.15) is 18.0 Å². The molecule has 0 amide bonds. The minimum atomic E-state index is 0.149. The normalized spacial score (nSPS) is 12.3. The fourth-order valence-electron chi connectivity index (χ4n) is 1.40. The lowest BCUT2D eigenvalue weighted by atomic mass is 10.1. The molecule has 1 aromatic carbocycles. The van der Waals surface area contributed by atoms with Gasteiger partial charge in [0.05, 0.1) is 6.61 Å². The summed E-state index contributed by atoms with van der Waals surface area (Å²) in [4.78, 5) is 0. The van der Waals surface area contributed by atoms with Crippen molar-refractivity contribution in [2.45, 2.75) is 12.5 Å². The second kappa shape index (κ2) is 7.17. The number of hydrogen-bond acceptors (Lipinski definition) is 3. The first-order chi connectivity index (χ1) is 7.38. The molecule has 0 aromatic heterocycles. The van der Waals surface area contributed by atoms with E-state index >= 15 is 0 Å². The number of hydrazine groups is 1. The van der Waals surface area contributed by atoms with Gasteiger partial charge in [0.2, 0.25) is 0 Å². The van der Waals surface area contributed by atoms with Gasteiger partial charge in [-0.05, 0) is 12.0 Å². The standard InChI is InChI=1S/C12H18N2O/c1-2-9-15-10-8-12(14-13)11-6-4-3-5-7-11/h2-7,12,14H,1,8-10,13H2/t12-/m1/s1. The maximum Gasteiger partial charge on any atom is 0.0644 e. The molecule has 0 aliphatic heterocycles. The maximum absolute atomic E-state index is 5.49. The zero-order valence-corrected chi connectivity index (χ0v) is 8.86. The predicted molar refractivity (Wildman–Crippen MR) is 62.1 cm³/mol. The molecule has 15 heavy (non-hydrogen) atoms. The van der Waals surface area contributed by atoms with E-state index in [1.165, 1.54) is 5.56 Å². The molecule has 1 atom stereocenters. The van der Waals surface area contributed by atoms with Gasteiger partial charge >= 0.3 is 0 Å². The van der Waals surface area contributed by atoms with Crippen molar-refractivity contribution in [2.75, 3.05) is 13.2 Å². The molecule has 0 bridgehead atoms. The molecule has 0 heterocycles. The minimum Gasteiger partial charge on any atom is -0.377 e. The summed E-state index contributed by atoms with van der Waals surface area (Å²) in [7, 11) is 0. The van der Waals surface area contributed by atoms with E-state index in [-0.39, 0.29) is 6.04 Å². The molecule has 0 saturated heterocycles. The van der Waals surface area contributed by atoms with Crippen molar-refractivity contribution < 1.29 is 4.74 Å². The maximum atomic E-state index is 5.49. The number of rotatable bonds is 7. The van der Waals surface area contributed by atoms with Gasteiger partial charge in [0.1, 0.15) is 0 Å². The lowest BCUT2D eigenvalue weighted by Gasteiger charge is -2.15. The highest BCUT2D eigenvalue weighted by atomic mass is 16.5. The van der Waals surface area contributed by atoms with Gasteiger partial charge < -0.3 is 4.74 Å². The van der Waals surface area contributed by atoms with Crippen LogP contribution in [0.4, 0.5) is 0 Å². The topological polar surface area (TPSA) is 47.3 Å². The number of nitrogens with one attached hydrogen (secondary N) is 1. The Kier molecular flexibility index (Phi) is 5.70. The van der Waals surface area contributed by atoms with Crippen LogP contribution in [0.25, 0.3) is 0 Å². The van der Waals surface area contributed by atoms with Gasteiger partial charge in [-0.3, -0.25) is 11.3 Å². The van der Waals surface area contributed by atoms with E-state index in [0.717, 1.165) is 6.42 Å². The summed E-state index contributed by atoms with van der Waals surface area (Å²) >= 11 is 0. The summed E-state index contributed by atoms with van der Waals surface area (Å²) in [5, 5.41) is 0. The Bertz CT molecular complexity index is 274. The Hall–Kier alpha value is -1.16. The van der Waals surface area contributed by atoms with E-state index in [1.54, 1.807) is 6.08 Å². The third-order valence-electron chi connectivity index (χ3n) is 2.19. The molecule has 1 aromatic rings. The molecule has 0 aliphatic rings. The molecular formula is C12H18N2O. The average Bonchev–Trinajstić information content (AvgIpc) is 2.30. The Morgan fingerprint density at radius 1 is 1.40 bits per heavy atom. The molecule has 3 nitrogen and oxygen atoms in total. The van der Waals surface area contributed by atoms with Crippen LogP contribution >= 0.6 is 0 Å². The monoisotopic (exact) mass is 206 g/mol. The second-order valence-corrected chi connectivity index (χ2v) is 3.28. The van der Waals surface area contributed by atoms with Crippen LogP contribution in [-0.4, -0.2) is 13.2 Å². The smallest absolute Gasteiger partial charge is 0.0644 e. The lowest BCUT2D eigenvalue weighted by Crippen LogP contribution is -2.28. The minimum absolute atomic E-state index is 0.149. The van der Waals surface area contributed by atoms with E-state index in [9.17, 15) is 0 Å². The third-order valence-corrected chi connectivity index (χ3v) is 2.19. The zero-order valence-electron chi connectivity index (χ0n) is 8.86. The SMILES string of the molecule is C=CCOCC[C@@H](NN)c1ccccc1. The molecule has 3 heteroatoms. The van der Waals surface area contributed by atoms with Crippen LogP contribution in [0.5, 0.6) is 0 Å². The Labute approximate surface area is 90.9 Å². The summed E-state index contributed by atoms with van der Waals surface area (Å²) in [5.74, 6) is 5.49. The van der Waals surface area contributed by atoms with Gasteiger partial charge in [0.25, 0.3) is 0 Å². The highest BCUT2D eigenvalue weighted by Gasteiger charge is 2.07. The van der Waals surface area contributed by atoms with Crippen LogP contribution in [0.15, 0.2) is 43.0 Å². The predicted octanol–water partition coefficient (Wildman–Crippen LogP) is 1.78.